The van der Waals surface area contributed by atoms with E-state index in [2.05, 4.69) is 20.3 Å². The van der Waals surface area contributed by atoms with Gasteiger partial charge in [0.25, 0.3) is 5.56 Å². The number of nitrogens with zero attached hydrogens (tertiary/aromatic N) is 3. The lowest BCUT2D eigenvalue weighted by Gasteiger charge is -2.24. The Morgan fingerprint density at radius 2 is 1.79 bits per heavy atom. The number of rotatable bonds is 5. The number of H-pyrrole nitrogens is 1. The summed E-state index contributed by atoms with van der Waals surface area (Å²) in [4.78, 5) is 40.6. The third kappa shape index (κ3) is 3.98. The predicted octanol–water partition coefficient (Wildman–Crippen LogP) is 6.49. The zero-order valence-corrected chi connectivity index (χ0v) is 22.1. The molecule has 0 spiro atoms. The average molecular weight is 540 g/mol. The third-order valence-corrected chi connectivity index (χ3v) is 7.95. The average Bonchev–Trinajstić information content (AvgIpc) is 3.36. The number of benzene rings is 2. The normalized spacial score (nSPS) is 12.2. The summed E-state index contributed by atoms with van der Waals surface area (Å²) in [6.45, 7) is 3.94. The lowest BCUT2D eigenvalue weighted by atomic mass is 10.0. The number of fused-ring (bicyclic) bond motifs is 2. The SMILES string of the molecule is Cc1ccc(-c2cccc3c(Cl)c([C@H](C)Nc4ncnc5[nH]ccc(=O)c45)n(-c4ccccc4)c(=O)c23)s1. The van der Waals surface area contributed by atoms with E-state index in [1.54, 1.807) is 22.1 Å². The van der Waals surface area contributed by atoms with Crippen molar-refractivity contribution in [2.24, 2.45) is 0 Å². The number of hydrogen-bond acceptors (Lipinski definition) is 6. The smallest absolute Gasteiger partial charge is 0.264 e. The van der Waals surface area contributed by atoms with Crippen molar-refractivity contribution in [1.29, 1.82) is 0 Å². The fraction of sp³-hybridized carbons (Fsp3) is 0.103. The molecular weight excluding hydrogens is 518 g/mol. The van der Waals surface area contributed by atoms with E-state index in [0.717, 1.165) is 15.3 Å². The minimum atomic E-state index is -0.495. The minimum absolute atomic E-state index is 0.175. The van der Waals surface area contributed by atoms with Gasteiger partial charge in [0.1, 0.15) is 23.2 Å². The Balaban J connectivity index is 1.62. The van der Waals surface area contributed by atoms with Gasteiger partial charge in [-0.1, -0.05) is 48.0 Å². The van der Waals surface area contributed by atoms with Crippen LogP contribution in [-0.4, -0.2) is 19.5 Å². The maximum atomic E-state index is 14.3. The first-order chi connectivity index (χ1) is 18.4. The van der Waals surface area contributed by atoms with Gasteiger partial charge in [0.15, 0.2) is 5.43 Å². The van der Waals surface area contributed by atoms with Crippen molar-refractivity contribution in [2.75, 3.05) is 5.32 Å². The molecule has 9 heteroatoms. The van der Waals surface area contributed by atoms with Crippen molar-refractivity contribution in [2.45, 2.75) is 19.9 Å². The van der Waals surface area contributed by atoms with E-state index < -0.39 is 6.04 Å². The Bertz CT molecular complexity index is 1940. The molecule has 188 valence electrons. The van der Waals surface area contributed by atoms with Crippen LogP contribution in [0.4, 0.5) is 5.82 Å². The Morgan fingerprint density at radius 3 is 2.55 bits per heavy atom. The summed E-state index contributed by atoms with van der Waals surface area (Å²) in [6, 6.07) is 20.2. The number of anilines is 1. The van der Waals surface area contributed by atoms with Crippen LogP contribution in [0.5, 0.6) is 0 Å². The molecule has 2 N–H and O–H groups in total. The first kappa shape index (κ1) is 24.1. The van der Waals surface area contributed by atoms with E-state index in [1.165, 1.54) is 12.4 Å². The second-order valence-corrected chi connectivity index (χ2v) is 10.6. The molecule has 1 atom stereocenters. The molecule has 0 aliphatic carbocycles. The zero-order chi connectivity index (χ0) is 26.4. The van der Waals surface area contributed by atoms with Crippen LogP contribution in [0.15, 0.2) is 88.8 Å². The third-order valence-electron chi connectivity index (χ3n) is 6.52. The summed E-state index contributed by atoms with van der Waals surface area (Å²) in [5.41, 5.74) is 2.13. The molecule has 7 nitrogen and oxygen atoms in total. The van der Waals surface area contributed by atoms with E-state index in [-0.39, 0.29) is 11.0 Å². The van der Waals surface area contributed by atoms with Crippen molar-refractivity contribution in [1.82, 2.24) is 19.5 Å². The highest BCUT2D eigenvalue weighted by Crippen LogP contribution is 2.38. The van der Waals surface area contributed by atoms with Gasteiger partial charge in [-0.15, -0.1) is 11.3 Å². The second kappa shape index (κ2) is 9.55. The fourth-order valence-corrected chi connectivity index (χ4v) is 6.12. The van der Waals surface area contributed by atoms with E-state index in [0.29, 0.717) is 44.0 Å². The van der Waals surface area contributed by atoms with Crippen LogP contribution in [0.2, 0.25) is 5.02 Å². The molecule has 0 fully saturated rings. The summed E-state index contributed by atoms with van der Waals surface area (Å²) < 4.78 is 1.65. The molecule has 0 aliphatic rings. The first-order valence-corrected chi connectivity index (χ1v) is 13.2. The molecule has 4 aromatic heterocycles. The summed E-state index contributed by atoms with van der Waals surface area (Å²) in [5.74, 6) is 0.357. The Labute approximate surface area is 226 Å². The van der Waals surface area contributed by atoms with Gasteiger partial charge in [-0.25, -0.2) is 9.97 Å². The molecule has 2 aromatic carbocycles. The van der Waals surface area contributed by atoms with Crippen molar-refractivity contribution >= 4 is 50.6 Å². The Kier molecular flexibility index (Phi) is 6.06. The van der Waals surface area contributed by atoms with E-state index in [1.807, 2.05) is 74.5 Å². The van der Waals surface area contributed by atoms with Gasteiger partial charge < -0.3 is 10.3 Å². The topological polar surface area (TPSA) is 92.7 Å². The molecule has 0 unspecified atom stereocenters. The number of aromatic nitrogens is 4. The number of aromatic amines is 1. The van der Waals surface area contributed by atoms with Gasteiger partial charge in [-0.3, -0.25) is 14.2 Å². The molecule has 0 aliphatic heterocycles. The standard InChI is InChI=1S/C29H22ClN5O2S/c1-16-11-12-22(38-16)19-9-6-10-20-23(19)29(37)35(18-7-4-3-5-8-18)26(25(20)30)17(2)34-28-24-21(36)13-14-31-27(24)32-15-33-28/h3-15,17H,1-2H3,(H2,31,32,33,34,36)/t17-/m0/s1. The van der Waals surface area contributed by atoms with Crippen LogP contribution in [0, 0.1) is 6.92 Å². The fourth-order valence-electron chi connectivity index (χ4n) is 4.82. The Hall–Kier alpha value is -4.27. The second-order valence-electron chi connectivity index (χ2n) is 8.97. The highest BCUT2D eigenvalue weighted by atomic mass is 35.5. The Morgan fingerprint density at radius 1 is 0.974 bits per heavy atom. The van der Waals surface area contributed by atoms with Crippen LogP contribution in [0.1, 0.15) is 23.5 Å². The molecule has 0 saturated heterocycles. The predicted molar refractivity (Wildman–Crippen MR) is 155 cm³/mol. The maximum absolute atomic E-state index is 14.3. The molecular formula is C29H22ClN5O2S. The summed E-state index contributed by atoms with van der Waals surface area (Å²) in [6.07, 6.45) is 2.93. The lowest BCUT2D eigenvalue weighted by Crippen LogP contribution is -2.27. The number of nitrogens with one attached hydrogen (secondary N) is 2. The summed E-state index contributed by atoms with van der Waals surface area (Å²) >= 11 is 8.78. The summed E-state index contributed by atoms with van der Waals surface area (Å²) in [5, 5.41) is 5.33. The van der Waals surface area contributed by atoms with Crippen LogP contribution >= 0.6 is 22.9 Å². The van der Waals surface area contributed by atoms with Gasteiger partial charge in [0.2, 0.25) is 0 Å². The van der Waals surface area contributed by atoms with Crippen LogP contribution in [-0.2, 0) is 0 Å². The molecule has 4 heterocycles. The van der Waals surface area contributed by atoms with Gasteiger partial charge in [0.05, 0.1) is 22.1 Å². The number of para-hydroxylation sites is 1. The molecule has 0 amide bonds. The largest absolute Gasteiger partial charge is 0.361 e. The number of halogens is 1. The minimum Gasteiger partial charge on any atom is -0.361 e. The van der Waals surface area contributed by atoms with Crippen molar-refractivity contribution < 1.29 is 0 Å². The lowest BCUT2D eigenvalue weighted by molar-refractivity contribution is 0.774. The zero-order valence-electron chi connectivity index (χ0n) is 20.5. The molecule has 0 saturated carbocycles. The number of hydrogen-bond donors (Lipinski definition) is 2. The van der Waals surface area contributed by atoms with Gasteiger partial charge in [-0.2, -0.15) is 0 Å². The number of pyridine rings is 2. The van der Waals surface area contributed by atoms with Crippen molar-refractivity contribution in [3.8, 4) is 16.1 Å². The van der Waals surface area contributed by atoms with E-state index >= 15 is 0 Å². The molecule has 0 bridgehead atoms. The van der Waals surface area contributed by atoms with Crippen LogP contribution in [0.25, 0.3) is 37.9 Å². The van der Waals surface area contributed by atoms with Gasteiger partial charge >= 0.3 is 0 Å². The van der Waals surface area contributed by atoms with Crippen molar-refractivity contribution in [3.63, 3.8) is 0 Å². The monoisotopic (exact) mass is 539 g/mol. The van der Waals surface area contributed by atoms with Gasteiger partial charge in [-0.05, 0) is 38.1 Å². The molecule has 0 radical (unpaired) electrons. The number of aryl methyl sites for hydroxylation is 1. The van der Waals surface area contributed by atoms with Crippen LogP contribution < -0.4 is 16.3 Å². The maximum Gasteiger partial charge on any atom is 0.264 e. The summed E-state index contributed by atoms with van der Waals surface area (Å²) in [7, 11) is 0. The van der Waals surface area contributed by atoms with Crippen LogP contribution in [0.3, 0.4) is 0 Å². The van der Waals surface area contributed by atoms with E-state index in [4.69, 9.17) is 11.6 Å². The first-order valence-electron chi connectivity index (χ1n) is 12.0. The van der Waals surface area contributed by atoms with Crippen molar-refractivity contribution in [3.05, 3.63) is 115 Å². The highest BCUT2D eigenvalue weighted by molar-refractivity contribution is 7.15. The quantitative estimate of drug-likeness (QED) is 0.261. The number of thiophene rings is 1. The van der Waals surface area contributed by atoms with Gasteiger partial charge in [0, 0.05) is 38.7 Å². The molecule has 6 rings (SSSR count). The molecule has 6 aromatic rings. The highest BCUT2D eigenvalue weighted by Gasteiger charge is 2.24. The molecule has 38 heavy (non-hydrogen) atoms. The van der Waals surface area contributed by atoms with E-state index in [9.17, 15) is 9.59 Å².